The zero-order valence-electron chi connectivity index (χ0n) is 12.0. The lowest BCUT2D eigenvalue weighted by Crippen LogP contribution is -3.12. The van der Waals surface area contributed by atoms with Crippen molar-refractivity contribution in [3.05, 3.63) is 41.6 Å². The Morgan fingerprint density at radius 2 is 2.09 bits per heavy atom. The molecular weight excluding hydrogens is 300 g/mol. The average Bonchev–Trinajstić information content (AvgIpc) is 2.81. The van der Waals surface area contributed by atoms with Crippen LogP contribution in [0.2, 0.25) is 0 Å². The first-order valence-corrected chi connectivity index (χ1v) is 8.11. The molecule has 6 atom stereocenters. The number of carbonyl (C=O) groups excluding carboxylic acids is 2. The first-order chi connectivity index (χ1) is 10.6. The van der Waals surface area contributed by atoms with Gasteiger partial charge in [-0.3, -0.25) is 14.5 Å². The molecule has 2 aliphatic heterocycles. The summed E-state index contributed by atoms with van der Waals surface area (Å²) in [5, 5.41) is -0.185. The third-order valence-electron chi connectivity index (χ3n) is 5.38. The maximum absolute atomic E-state index is 12.6. The topological polar surface area (TPSA) is 64.6 Å². The quantitative estimate of drug-likeness (QED) is 0.748. The van der Waals surface area contributed by atoms with Gasteiger partial charge in [-0.15, -0.1) is 11.6 Å². The van der Waals surface area contributed by atoms with Crippen LogP contribution in [0.3, 0.4) is 0 Å². The second kappa shape index (κ2) is 4.93. The van der Waals surface area contributed by atoms with Gasteiger partial charge in [-0.25, -0.2) is 0 Å². The van der Waals surface area contributed by atoms with Crippen LogP contribution in [-0.2, 0) is 9.59 Å². The van der Waals surface area contributed by atoms with Crippen LogP contribution in [0.1, 0.15) is 30.0 Å². The molecule has 0 aromatic heterocycles. The Bertz CT molecular complexity index is 687. The number of fused-ring (bicyclic) bond motifs is 5. The Morgan fingerprint density at radius 3 is 2.86 bits per heavy atom. The molecule has 4 rings (SSSR count). The van der Waals surface area contributed by atoms with E-state index < -0.39 is 0 Å². The summed E-state index contributed by atoms with van der Waals surface area (Å²) in [6.45, 7) is 0. The predicted octanol–water partition coefficient (Wildman–Crippen LogP) is 0.667. The lowest BCUT2D eigenvalue weighted by Gasteiger charge is -2.29. The van der Waals surface area contributed by atoms with Crippen LogP contribution in [0, 0.1) is 11.8 Å². The fraction of sp³-hybridized carbons (Fsp3) is 0.412. The zero-order valence-corrected chi connectivity index (χ0v) is 12.8. The number of primary amides is 1. The molecule has 1 amide bonds. The van der Waals surface area contributed by atoms with Gasteiger partial charge in [-0.1, -0.05) is 24.3 Å². The molecule has 1 aromatic carbocycles. The van der Waals surface area contributed by atoms with E-state index in [1.54, 1.807) is 0 Å². The maximum Gasteiger partial charge on any atom is 0.276 e. The van der Waals surface area contributed by atoms with Crippen molar-refractivity contribution in [2.75, 3.05) is 0 Å². The Labute approximate surface area is 133 Å². The minimum absolute atomic E-state index is 0.0135. The molecule has 22 heavy (non-hydrogen) atoms. The molecule has 1 unspecified atom stereocenters. The van der Waals surface area contributed by atoms with E-state index in [9.17, 15) is 9.59 Å². The van der Waals surface area contributed by atoms with E-state index in [-0.39, 0.29) is 41.0 Å². The van der Waals surface area contributed by atoms with Gasteiger partial charge in [0.05, 0.1) is 12.1 Å². The monoisotopic (exact) mass is 317 g/mol. The largest absolute Gasteiger partial charge is 0.364 e. The van der Waals surface area contributed by atoms with Crippen LogP contribution in [0.5, 0.6) is 0 Å². The molecule has 3 N–H and O–H groups in total. The molecule has 1 aromatic rings. The number of halogens is 1. The number of amides is 1. The highest BCUT2D eigenvalue weighted by Gasteiger charge is 2.60. The van der Waals surface area contributed by atoms with E-state index in [1.165, 1.54) is 0 Å². The minimum atomic E-state index is -0.370. The molecule has 1 saturated carbocycles. The number of quaternary nitrogens is 1. The number of ketones is 1. The van der Waals surface area contributed by atoms with Crippen molar-refractivity contribution < 1.29 is 14.5 Å². The van der Waals surface area contributed by atoms with Crippen LogP contribution in [0.4, 0.5) is 0 Å². The molecule has 1 aliphatic carbocycles. The lowest BCUT2D eigenvalue weighted by molar-refractivity contribution is -0.885. The Balaban J connectivity index is 1.86. The Hall–Kier alpha value is -1.65. The van der Waals surface area contributed by atoms with Gasteiger partial charge in [0, 0.05) is 23.3 Å². The molecule has 5 heteroatoms. The number of carbonyl (C=O) groups is 2. The fourth-order valence-electron chi connectivity index (χ4n) is 4.63. The molecule has 0 bridgehead atoms. The third kappa shape index (κ3) is 1.87. The number of nitrogens with two attached hydrogens (primary N) is 1. The second-order valence-corrected chi connectivity index (χ2v) is 7.13. The summed E-state index contributed by atoms with van der Waals surface area (Å²) in [6, 6.07) is 7.70. The summed E-state index contributed by atoms with van der Waals surface area (Å²) in [5.74, 6) is -0.381. The summed E-state index contributed by atoms with van der Waals surface area (Å²) in [6.07, 6.45) is 5.10. The van der Waals surface area contributed by atoms with Crippen molar-refractivity contribution in [2.24, 2.45) is 17.6 Å². The van der Waals surface area contributed by atoms with Crippen LogP contribution in [-0.4, -0.2) is 23.1 Å². The summed E-state index contributed by atoms with van der Waals surface area (Å²) >= 11 is 6.25. The van der Waals surface area contributed by atoms with Crippen molar-refractivity contribution >= 4 is 29.4 Å². The van der Waals surface area contributed by atoms with Crippen LogP contribution in [0.15, 0.2) is 30.5 Å². The third-order valence-corrected chi connectivity index (χ3v) is 5.71. The number of hydrogen-bond acceptors (Lipinski definition) is 2. The van der Waals surface area contributed by atoms with Crippen molar-refractivity contribution in [2.45, 2.75) is 30.3 Å². The molecule has 114 valence electrons. The van der Waals surface area contributed by atoms with Gasteiger partial charge >= 0.3 is 0 Å². The Kier molecular flexibility index (Phi) is 3.13. The van der Waals surface area contributed by atoms with Crippen LogP contribution in [0.25, 0.3) is 6.08 Å². The number of benzene rings is 1. The fourth-order valence-corrected chi connectivity index (χ4v) is 4.99. The smallest absolute Gasteiger partial charge is 0.276 e. The van der Waals surface area contributed by atoms with E-state index >= 15 is 0 Å². The van der Waals surface area contributed by atoms with Crippen molar-refractivity contribution in [1.29, 1.82) is 0 Å². The molecule has 3 aliphatic rings. The molecule has 1 saturated heterocycles. The summed E-state index contributed by atoms with van der Waals surface area (Å²) in [7, 11) is 0. The number of hydrogen-bond donors (Lipinski definition) is 2. The highest BCUT2D eigenvalue weighted by Crippen LogP contribution is 2.44. The van der Waals surface area contributed by atoms with Crippen molar-refractivity contribution in [3.63, 3.8) is 0 Å². The molecule has 2 heterocycles. The first-order valence-electron chi connectivity index (χ1n) is 7.67. The van der Waals surface area contributed by atoms with E-state index in [1.807, 2.05) is 30.5 Å². The van der Waals surface area contributed by atoms with Gasteiger partial charge < -0.3 is 5.73 Å². The van der Waals surface area contributed by atoms with E-state index in [4.69, 9.17) is 17.3 Å². The maximum atomic E-state index is 12.6. The number of rotatable bonds is 1. The number of alkyl halides is 1. The van der Waals surface area contributed by atoms with Crippen molar-refractivity contribution in [3.8, 4) is 0 Å². The molecule has 0 radical (unpaired) electrons. The van der Waals surface area contributed by atoms with E-state index in [2.05, 4.69) is 6.07 Å². The molecule has 2 fully saturated rings. The Morgan fingerprint density at radius 1 is 1.32 bits per heavy atom. The van der Waals surface area contributed by atoms with Gasteiger partial charge in [0.1, 0.15) is 11.8 Å². The highest BCUT2D eigenvalue weighted by atomic mass is 35.5. The SMILES string of the molecule is NC(=O)[C@H]1[C@@H]2C[C@@H](Cl)CC(=O)[C@H]2[C@@H]2c3ccccc3C=C[NH+]12. The van der Waals surface area contributed by atoms with E-state index in [0.29, 0.717) is 12.8 Å². The number of nitrogens with one attached hydrogen (secondary N) is 1. The van der Waals surface area contributed by atoms with Gasteiger partial charge in [-0.05, 0) is 18.1 Å². The van der Waals surface area contributed by atoms with Crippen LogP contribution >= 0.6 is 11.6 Å². The standard InChI is InChI=1S/C17H17ClN2O2/c18-10-7-12-14(13(21)8-10)15-11-4-2-1-3-9(11)5-6-20(15)16(12)17(19)22/h1-6,10,12,14-16H,7-8H2,(H2,19,22)/p+1/t10-,12-,14+,15+,16-/m1/s1. The second-order valence-electron chi connectivity index (χ2n) is 6.51. The van der Waals surface area contributed by atoms with E-state index in [0.717, 1.165) is 16.0 Å². The predicted molar refractivity (Wildman–Crippen MR) is 83.0 cm³/mol. The summed E-state index contributed by atoms with van der Waals surface area (Å²) in [5.41, 5.74) is 7.94. The van der Waals surface area contributed by atoms with Gasteiger partial charge in [0.25, 0.3) is 5.91 Å². The lowest BCUT2D eigenvalue weighted by atomic mass is 9.73. The van der Waals surface area contributed by atoms with Crippen molar-refractivity contribution in [1.82, 2.24) is 0 Å². The minimum Gasteiger partial charge on any atom is -0.364 e. The summed E-state index contributed by atoms with van der Waals surface area (Å²) in [4.78, 5) is 25.7. The zero-order chi connectivity index (χ0) is 15.4. The van der Waals surface area contributed by atoms with Crippen LogP contribution < -0.4 is 10.6 Å². The van der Waals surface area contributed by atoms with Gasteiger partial charge in [0.15, 0.2) is 6.04 Å². The molecule has 4 nitrogen and oxygen atoms in total. The summed E-state index contributed by atoms with van der Waals surface area (Å²) < 4.78 is 0. The normalized spacial score (nSPS) is 39.0. The molecular formula is C17H18ClN2O2+. The first kappa shape index (κ1) is 14.0. The number of Topliss-reactive ketones (excluding diaryl/α,β-unsaturated/α-hetero) is 1. The molecule has 0 spiro atoms. The van der Waals surface area contributed by atoms with Gasteiger partial charge in [0.2, 0.25) is 0 Å². The average molecular weight is 318 g/mol. The van der Waals surface area contributed by atoms with Gasteiger partial charge in [-0.2, -0.15) is 0 Å². The highest BCUT2D eigenvalue weighted by molar-refractivity contribution is 6.22.